The van der Waals surface area contributed by atoms with Crippen molar-refractivity contribution in [3.05, 3.63) is 11.8 Å². The molecule has 15 heavy (non-hydrogen) atoms. The minimum absolute atomic E-state index is 0.172. The average molecular weight is 218 g/mol. The molecule has 0 radical (unpaired) electrons. The molecule has 0 aliphatic carbocycles. The highest BCUT2D eigenvalue weighted by molar-refractivity contribution is 5.78. The predicted molar refractivity (Wildman–Crippen MR) is 53.4 cm³/mol. The van der Waals surface area contributed by atoms with Crippen molar-refractivity contribution in [2.75, 3.05) is 0 Å². The first-order chi connectivity index (χ1) is 6.86. The maximum atomic E-state index is 13.5. The van der Waals surface area contributed by atoms with Crippen LogP contribution in [0.15, 0.2) is 11.8 Å². The fraction of sp³-hybridized carbons (Fsp3) is 0.700. The third kappa shape index (κ3) is 2.11. The van der Waals surface area contributed by atoms with E-state index in [1.807, 2.05) is 0 Å². The second-order valence-corrected chi connectivity index (χ2v) is 4.27. The quantitative estimate of drug-likeness (QED) is 0.710. The summed E-state index contributed by atoms with van der Waals surface area (Å²) in [5.41, 5.74) is 0. The first-order valence-corrected chi connectivity index (χ1v) is 5.01. The van der Waals surface area contributed by atoms with Crippen LogP contribution in [0.1, 0.15) is 27.7 Å². The fourth-order valence-electron chi connectivity index (χ4n) is 1.52. The highest BCUT2D eigenvalue weighted by atomic mass is 19.2. The molecule has 1 aliphatic heterocycles. The maximum absolute atomic E-state index is 13.5. The van der Waals surface area contributed by atoms with Crippen LogP contribution in [0.4, 0.5) is 13.6 Å². The number of urea groups is 1. The highest BCUT2D eigenvalue weighted by Gasteiger charge is 2.36. The van der Waals surface area contributed by atoms with Gasteiger partial charge in [0.1, 0.15) is 0 Å². The lowest BCUT2D eigenvalue weighted by Gasteiger charge is -2.34. The zero-order valence-corrected chi connectivity index (χ0v) is 9.34. The van der Waals surface area contributed by atoms with Crippen LogP contribution in [0.5, 0.6) is 0 Å². The van der Waals surface area contributed by atoms with E-state index < -0.39 is 29.9 Å². The van der Waals surface area contributed by atoms with E-state index in [-0.39, 0.29) is 5.92 Å². The molecular weight excluding hydrogens is 202 g/mol. The van der Waals surface area contributed by atoms with Crippen molar-refractivity contribution in [3.63, 3.8) is 0 Å². The molecule has 0 aromatic carbocycles. The second kappa shape index (κ2) is 4.16. The molecule has 2 amide bonds. The first kappa shape index (κ1) is 11.9. The summed E-state index contributed by atoms with van der Waals surface area (Å²) in [5, 5.41) is 2.44. The number of nitrogens with one attached hydrogen (secondary N) is 1. The Labute approximate surface area is 88.1 Å². The summed E-state index contributed by atoms with van der Waals surface area (Å²) in [5.74, 6) is -2.13. The first-order valence-electron chi connectivity index (χ1n) is 5.01. The zero-order valence-electron chi connectivity index (χ0n) is 9.34. The summed E-state index contributed by atoms with van der Waals surface area (Å²) in [6.07, 6.45) is 0. The van der Waals surface area contributed by atoms with Gasteiger partial charge in [-0.3, -0.25) is 4.90 Å². The molecule has 1 unspecified atom stereocenters. The van der Waals surface area contributed by atoms with Gasteiger partial charge in [-0.25, -0.2) is 9.18 Å². The van der Waals surface area contributed by atoms with Crippen molar-refractivity contribution in [2.45, 2.75) is 39.8 Å². The summed E-state index contributed by atoms with van der Waals surface area (Å²) >= 11 is 0. The molecule has 1 N–H and O–H groups in total. The summed E-state index contributed by atoms with van der Waals surface area (Å²) in [6, 6.07) is -1.83. The van der Waals surface area contributed by atoms with Crippen LogP contribution in [0, 0.1) is 5.92 Å². The normalized spacial score (nSPS) is 22.8. The van der Waals surface area contributed by atoms with E-state index in [1.54, 1.807) is 27.7 Å². The molecule has 5 heteroatoms. The van der Waals surface area contributed by atoms with Gasteiger partial charge in [0.05, 0.1) is 6.04 Å². The average Bonchev–Trinajstić information content (AvgIpc) is 2.10. The van der Waals surface area contributed by atoms with Gasteiger partial charge in [0.25, 0.3) is 0 Å². The molecule has 1 atom stereocenters. The summed E-state index contributed by atoms with van der Waals surface area (Å²) in [4.78, 5) is 12.3. The minimum Gasteiger partial charge on any atom is -0.328 e. The van der Waals surface area contributed by atoms with Gasteiger partial charge in [-0.1, -0.05) is 13.8 Å². The van der Waals surface area contributed by atoms with Crippen LogP contribution in [-0.4, -0.2) is 23.0 Å². The molecule has 0 saturated heterocycles. The SMILES string of the molecule is CC(C)C1NC(=O)N(C(C)C)C(F)=C1F. The van der Waals surface area contributed by atoms with Crippen LogP contribution in [0.3, 0.4) is 0 Å². The molecule has 0 aromatic heterocycles. The van der Waals surface area contributed by atoms with Crippen LogP contribution < -0.4 is 5.32 Å². The summed E-state index contributed by atoms with van der Waals surface area (Å²) < 4.78 is 27.0. The number of halogens is 2. The third-order valence-corrected chi connectivity index (χ3v) is 2.36. The standard InChI is InChI=1S/C10H16F2N2O/c1-5(2)8-7(11)9(12)14(6(3)4)10(15)13-8/h5-6,8H,1-4H3,(H,13,15). The Bertz CT molecular complexity index is 300. The largest absolute Gasteiger partial charge is 0.328 e. The lowest BCUT2D eigenvalue weighted by molar-refractivity contribution is 0.157. The molecule has 0 fully saturated rings. The Hall–Kier alpha value is -1.13. The highest BCUT2D eigenvalue weighted by Crippen LogP contribution is 2.27. The topological polar surface area (TPSA) is 32.3 Å². The number of hydrogen-bond donors (Lipinski definition) is 1. The number of carbonyl (C=O) groups excluding carboxylic acids is 1. The Balaban J connectivity index is 3.06. The Morgan fingerprint density at radius 1 is 1.27 bits per heavy atom. The van der Waals surface area contributed by atoms with Crippen molar-refractivity contribution in [1.82, 2.24) is 10.2 Å². The van der Waals surface area contributed by atoms with Crippen molar-refractivity contribution in [3.8, 4) is 0 Å². The molecule has 86 valence electrons. The van der Waals surface area contributed by atoms with Gasteiger partial charge in [0.15, 0.2) is 5.83 Å². The van der Waals surface area contributed by atoms with Gasteiger partial charge >= 0.3 is 6.03 Å². The van der Waals surface area contributed by atoms with Crippen molar-refractivity contribution in [1.29, 1.82) is 0 Å². The second-order valence-electron chi connectivity index (χ2n) is 4.27. The third-order valence-electron chi connectivity index (χ3n) is 2.36. The Kier molecular flexibility index (Phi) is 3.31. The number of nitrogens with zero attached hydrogens (tertiary/aromatic N) is 1. The number of amides is 2. The van der Waals surface area contributed by atoms with Crippen LogP contribution >= 0.6 is 0 Å². The van der Waals surface area contributed by atoms with E-state index >= 15 is 0 Å². The molecule has 1 heterocycles. The van der Waals surface area contributed by atoms with E-state index in [1.165, 1.54) is 0 Å². The van der Waals surface area contributed by atoms with Gasteiger partial charge in [0, 0.05) is 6.04 Å². The van der Waals surface area contributed by atoms with Crippen LogP contribution in [-0.2, 0) is 0 Å². The van der Waals surface area contributed by atoms with E-state index in [9.17, 15) is 13.6 Å². The van der Waals surface area contributed by atoms with E-state index in [0.717, 1.165) is 4.90 Å². The number of hydrogen-bond acceptors (Lipinski definition) is 1. The molecule has 0 aromatic rings. The molecule has 1 aliphatic rings. The summed E-state index contributed by atoms with van der Waals surface area (Å²) in [6.45, 7) is 6.70. The van der Waals surface area contributed by atoms with Crippen LogP contribution in [0.25, 0.3) is 0 Å². The summed E-state index contributed by atoms with van der Waals surface area (Å²) in [7, 11) is 0. The van der Waals surface area contributed by atoms with Crippen molar-refractivity contribution >= 4 is 6.03 Å². The van der Waals surface area contributed by atoms with Gasteiger partial charge in [-0.05, 0) is 19.8 Å². The van der Waals surface area contributed by atoms with Crippen molar-refractivity contribution in [2.24, 2.45) is 5.92 Å². The van der Waals surface area contributed by atoms with Crippen LogP contribution in [0.2, 0.25) is 0 Å². The minimum atomic E-state index is -1.06. The molecule has 1 rings (SSSR count). The maximum Gasteiger partial charge on any atom is 0.324 e. The van der Waals surface area contributed by atoms with Gasteiger partial charge in [-0.2, -0.15) is 4.39 Å². The monoisotopic (exact) mass is 218 g/mol. The number of rotatable bonds is 2. The smallest absolute Gasteiger partial charge is 0.324 e. The van der Waals surface area contributed by atoms with Gasteiger partial charge < -0.3 is 5.32 Å². The molecular formula is C10H16F2N2O. The molecule has 3 nitrogen and oxygen atoms in total. The van der Waals surface area contributed by atoms with Gasteiger partial charge in [-0.15, -0.1) is 0 Å². The zero-order chi connectivity index (χ0) is 11.7. The lowest BCUT2D eigenvalue weighted by Crippen LogP contribution is -2.53. The lowest BCUT2D eigenvalue weighted by atomic mass is 10.0. The van der Waals surface area contributed by atoms with E-state index in [4.69, 9.17) is 0 Å². The molecule has 0 spiro atoms. The number of carbonyl (C=O) groups is 1. The Morgan fingerprint density at radius 3 is 2.20 bits per heavy atom. The molecule has 0 saturated carbocycles. The van der Waals surface area contributed by atoms with Gasteiger partial charge in [0.2, 0.25) is 5.95 Å². The Morgan fingerprint density at radius 2 is 1.80 bits per heavy atom. The molecule has 0 bridgehead atoms. The predicted octanol–water partition coefficient (Wildman–Crippen LogP) is 2.55. The van der Waals surface area contributed by atoms with E-state index in [0.29, 0.717) is 0 Å². The van der Waals surface area contributed by atoms with Crippen molar-refractivity contribution < 1.29 is 13.6 Å². The van der Waals surface area contributed by atoms with E-state index in [2.05, 4.69) is 5.32 Å². The fourth-order valence-corrected chi connectivity index (χ4v) is 1.52.